The summed E-state index contributed by atoms with van der Waals surface area (Å²) >= 11 is 6.08. The molecule has 4 N–H and O–H groups in total. The van der Waals surface area contributed by atoms with Crippen molar-refractivity contribution in [3.8, 4) is 0 Å². The Hall–Kier alpha value is -2.24. The smallest absolute Gasteiger partial charge is 0.336 e. The number of hydrogen-bond donors (Lipinski definition) is 4. The standard InChI is InChI=1S/C20H31ClN2O.C6H8O7/c1-22-13-8-19(9-14-22)23(12-3-15-24-2)16-20(10-11-20)17-4-6-18(21)7-5-17;7-3(8)1-6(13,5(11)12)2-4(9)10/h4-7,19H,3,8-16H2,1-2H3;13H,1-2H2,(H,7,8)(H,9,10)(H,11,12). The Morgan fingerprint density at radius 2 is 1.62 bits per heavy atom. The highest BCUT2D eigenvalue weighted by molar-refractivity contribution is 6.30. The Balaban J connectivity index is 0.000000317. The van der Waals surface area contributed by atoms with Crippen LogP contribution in [0.3, 0.4) is 0 Å². The van der Waals surface area contributed by atoms with E-state index in [0.717, 1.165) is 30.6 Å². The number of halogens is 1. The van der Waals surface area contributed by atoms with E-state index in [0.29, 0.717) is 5.41 Å². The summed E-state index contributed by atoms with van der Waals surface area (Å²) in [6.07, 6.45) is 4.03. The van der Waals surface area contributed by atoms with E-state index in [1.165, 1.54) is 50.9 Å². The van der Waals surface area contributed by atoms with Gasteiger partial charge in [0, 0.05) is 43.3 Å². The minimum atomic E-state index is -2.74. The zero-order valence-electron chi connectivity index (χ0n) is 21.6. The molecule has 0 amide bonds. The molecule has 0 unspecified atom stereocenters. The number of hydrogen-bond acceptors (Lipinski definition) is 7. The van der Waals surface area contributed by atoms with Gasteiger partial charge in [-0.05, 0) is 69.9 Å². The first-order chi connectivity index (χ1) is 17.4. The van der Waals surface area contributed by atoms with Crippen molar-refractivity contribution in [2.24, 2.45) is 0 Å². The van der Waals surface area contributed by atoms with Crippen LogP contribution in [0.15, 0.2) is 24.3 Å². The Bertz CT molecular complexity index is 882. The molecule has 0 aromatic heterocycles. The van der Waals surface area contributed by atoms with E-state index in [2.05, 4.69) is 29.0 Å². The number of nitrogens with zero attached hydrogens (tertiary/aromatic N) is 2. The molecule has 2 fully saturated rings. The van der Waals surface area contributed by atoms with Crippen LogP contribution < -0.4 is 0 Å². The molecule has 2 aliphatic rings. The molecule has 0 atom stereocenters. The highest BCUT2D eigenvalue weighted by atomic mass is 35.5. The van der Waals surface area contributed by atoms with E-state index < -0.39 is 36.4 Å². The topological polar surface area (TPSA) is 148 Å². The molecule has 0 spiro atoms. The van der Waals surface area contributed by atoms with Crippen LogP contribution in [0.1, 0.15) is 50.5 Å². The van der Waals surface area contributed by atoms with Crippen molar-refractivity contribution in [2.75, 3.05) is 46.9 Å². The highest BCUT2D eigenvalue weighted by Crippen LogP contribution is 2.49. The lowest BCUT2D eigenvalue weighted by atomic mass is 9.93. The summed E-state index contributed by atoms with van der Waals surface area (Å²) in [5, 5.41) is 34.6. The maximum absolute atomic E-state index is 10.3. The number of carbonyl (C=O) groups is 3. The third-order valence-electron chi connectivity index (χ3n) is 7.10. The number of ether oxygens (including phenoxy) is 1. The molecule has 1 aliphatic heterocycles. The molecule has 0 bridgehead atoms. The van der Waals surface area contributed by atoms with Gasteiger partial charge in [-0.2, -0.15) is 0 Å². The fourth-order valence-electron chi connectivity index (χ4n) is 4.76. The molecule has 0 radical (unpaired) electrons. The average molecular weight is 543 g/mol. The molecule has 1 aromatic rings. The van der Waals surface area contributed by atoms with Gasteiger partial charge < -0.3 is 30.1 Å². The largest absolute Gasteiger partial charge is 0.481 e. The summed E-state index contributed by atoms with van der Waals surface area (Å²) in [4.78, 5) is 35.7. The molecular formula is C26H39ClN2O8. The number of carboxylic acid groups (broad SMARTS) is 3. The van der Waals surface area contributed by atoms with Crippen molar-refractivity contribution < 1.29 is 39.5 Å². The SMILES string of the molecule is COCCCN(CC1(c2ccc(Cl)cc2)CC1)C1CCN(C)CC1.O=C(O)CC(O)(CC(=O)O)C(=O)O. The summed E-state index contributed by atoms with van der Waals surface area (Å²) in [7, 11) is 4.04. The Labute approximate surface area is 222 Å². The van der Waals surface area contributed by atoms with Gasteiger partial charge in [-0.25, -0.2) is 4.79 Å². The summed E-state index contributed by atoms with van der Waals surface area (Å²) in [6.45, 7) is 5.64. The van der Waals surface area contributed by atoms with Crippen molar-refractivity contribution in [2.45, 2.75) is 62.0 Å². The van der Waals surface area contributed by atoms with Crippen molar-refractivity contribution in [1.29, 1.82) is 0 Å². The lowest BCUT2D eigenvalue weighted by Crippen LogP contribution is -2.47. The van der Waals surface area contributed by atoms with Crippen molar-refractivity contribution >= 4 is 29.5 Å². The van der Waals surface area contributed by atoms with E-state index in [4.69, 9.17) is 36.8 Å². The van der Waals surface area contributed by atoms with Crippen LogP contribution in [0, 0.1) is 0 Å². The predicted octanol–water partition coefficient (Wildman–Crippen LogP) is 2.56. The first-order valence-electron chi connectivity index (χ1n) is 12.5. The molecule has 37 heavy (non-hydrogen) atoms. The van der Waals surface area contributed by atoms with E-state index in [9.17, 15) is 14.4 Å². The first-order valence-corrected chi connectivity index (χ1v) is 12.9. The van der Waals surface area contributed by atoms with Crippen LogP contribution in [0.4, 0.5) is 0 Å². The normalized spacial score (nSPS) is 17.6. The van der Waals surface area contributed by atoms with Gasteiger partial charge in [-0.1, -0.05) is 23.7 Å². The van der Waals surface area contributed by atoms with Crippen LogP contribution in [-0.4, -0.2) is 107 Å². The molecule has 1 saturated carbocycles. The second kappa shape index (κ2) is 14.1. The van der Waals surface area contributed by atoms with Crippen LogP contribution in [0.2, 0.25) is 5.02 Å². The number of aliphatic carboxylic acids is 3. The molecule has 1 aliphatic carbocycles. The number of piperidine rings is 1. The van der Waals surface area contributed by atoms with Gasteiger partial charge in [0.25, 0.3) is 0 Å². The predicted molar refractivity (Wildman–Crippen MR) is 138 cm³/mol. The maximum Gasteiger partial charge on any atom is 0.336 e. The van der Waals surface area contributed by atoms with Gasteiger partial charge in [0.2, 0.25) is 0 Å². The third-order valence-corrected chi connectivity index (χ3v) is 7.35. The molecular weight excluding hydrogens is 504 g/mol. The fourth-order valence-corrected chi connectivity index (χ4v) is 4.88. The Morgan fingerprint density at radius 1 is 1.08 bits per heavy atom. The van der Waals surface area contributed by atoms with Gasteiger partial charge in [-0.15, -0.1) is 0 Å². The van der Waals surface area contributed by atoms with Crippen molar-refractivity contribution in [3.63, 3.8) is 0 Å². The molecule has 1 aromatic carbocycles. The van der Waals surface area contributed by atoms with E-state index >= 15 is 0 Å². The zero-order chi connectivity index (χ0) is 27.6. The van der Waals surface area contributed by atoms with Crippen LogP contribution in [-0.2, 0) is 24.5 Å². The van der Waals surface area contributed by atoms with Gasteiger partial charge in [0.05, 0.1) is 12.8 Å². The number of likely N-dealkylation sites (tertiary alicyclic amines) is 1. The molecule has 1 heterocycles. The minimum absolute atomic E-state index is 0.362. The quantitative estimate of drug-likeness (QED) is 0.274. The van der Waals surface area contributed by atoms with Gasteiger partial charge in [0.1, 0.15) is 0 Å². The van der Waals surface area contributed by atoms with Crippen LogP contribution >= 0.6 is 11.6 Å². The van der Waals surface area contributed by atoms with Gasteiger partial charge in [-0.3, -0.25) is 14.5 Å². The van der Waals surface area contributed by atoms with Crippen LogP contribution in [0.25, 0.3) is 0 Å². The third kappa shape index (κ3) is 9.86. The second-order valence-electron chi connectivity index (χ2n) is 10.1. The summed E-state index contributed by atoms with van der Waals surface area (Å²) < 4.78 is 5.29. The average Bonchev–Trinajstić information content (AvgIpc) is 3.59. The second-order valence-corrected chi connectivity index (χ2v) is 10.6. The lowest BCUT2D eigenvalue weighted by molar-refractivity contribution is -0.170. The van der Waals surface area contributed by atoms with Crippen molar-refractivity contribution in [1.82, 2.24) is 9.80 Å². The number of benzene rings is 1. The monoisotopic (exact) mass is 542 g/mol. The number of rotatable bonds is 13. The van der Waals surface area contributed by atoms with Crippen LogP contribution in [0.5, 0.6) is 0 Å². The Morgan fingerprint density at radius 3 is 2.05 bits per heavy atom. The molecule has 208 valence electrons. The minimum Gasteiger partial charge on any atom is -0.481 e. The highest BCUT2D eigenvalue weighted by Gasteiger charge is 2.46. The fraction of sp³-hybridized carbons (Fsp3) is 0.654. The molecule has 1 saturated heterocycles. The molecule has 11 heteroatoms. The molecule has 3 rings (SSSR count). The zero-order valence-corrected chi connectivity index (χ0v) is 22.3. The number of aliphatic hydroxyl groups is 1. The number of carboxylic acids is 3. The number of methoxy groups -OCH3 is 1. The van der Waals surface area contributed by atoms with Gasteiger partial charge >= 0.3 is 17.9 Å². The summed E-state index contributed by atoms with van der Waals surface area (Å²) in [5.74, 6) is -5.02. The molecule has 10 nitrogen and oxygen atoms in total. The van der Waals surface area contributed by atoms with E-state index in [-0.39, 0.29) is 0 Å². The summed E-state index contributed by atoms with van der Waals surface area (Å²) in [6, 6.07) is 9.28. The summed E-state index contributed by atoms with van der Waals surface area (Å²) in [5.41, 5.74) is -0.907. The van der Waals surface area contributed by atoms with E-state index in [1.807, 2.05) is 12.1 Å². The maximum atomic E-state index is 10.3. The first kappa shape index (κ1) is 31.0. The Kier molecular flexibility index (Phi) is 11.8. The lowest BCUT2D eigenvalue weighted by Gasteiger charge is -2.39. The van der Waals surface area contributed by atoms with E-state index in [1.54, 1.807) is 7.11 Å². The van der Waals surface area contributed by atoms with Gasteiger partial charge in [0.15, 0.2) is 5.60 Å². The van der Waals surface area contributed by atoms with Crippen molar-refractivity contribution in [3.05, 3.63) is 34.9 Å².